The van der Waals surface area contributed by atoms with Crippen LogP contribution >= 0.6 is 34.5 Å². The summed E-state index contributed by atoms with van der Waals surface area (Å²) in [6.07, 6.45) is 3.54. The molecule has 0 fully saturated rings. The number of carbonyl (C=O) groups excluding carboxylic acids is 1. The SMILES string of the molecule is CS(=O)Cc1cnc(Oc2ccc(C3c4[nH]c5ccc(Cl)cc5c4CCN3C(=O)Oc3ccc(Cl)cc3)cc2)s1. The van der Waals surface area contributed by atoms with Crippen LogP contribution in [0.25, 0.3) is 10.9 Å². The first kappa shape index (κ1) is 26.8. The highest BCUT2D eigenvalue weighted by atomic mass is 35.5. The molecule has 40 heavy (non-hydrogen) atoms. The lowest BCUT2D eigenvalue weighted by molar-refractivity contribution is 0.135. The van der Waals surface area contributed by atoms with E-state index in [4.69, 9.17) is 32.7 Å². The third-order valence-electron chi connectivity index (χ3n) is 6.62. The smallest absolute Gasteiger partial charge is 0.416 e. The van der Waals surface area contributed by atoms with E-state index in [-0.39, 0.29) is 0 Å². The van der Waals surface area contributed by atoms with Crippen molar-refractivity contribution in [2.75, 3.05) is 12.8 Å². The van der Waals surface area contributed by atoms with Gasteiger partial charge in [0.25, 0.3) is 5.19 Å². The molecule has 1 aliphatic heterocycles. The van der Waals surface area contributed by atoms with Crippen molar-refractivity contribution in [3.8, 4) is 16.7 Å². The number of benzene rings is 3. The summed E-state index contributed by atoms with van der Waals surface area (Å²) < 4.78 is 23.2. The van der Waals surface area contributed by atoms with Crippen LogP contribution in [0.3, 0.4) is 0 Å². The summed E-state index contributed by atoms with van der Waals surface area (Å²) in [4.78, 5) is 23.9. The maximum absolute atomic E-state index is 13.5. The highest BCUT2D eigenvalue weighted by Crippen LogP contribution is 2.40. The van der Waals surface area contributed by atoms with E-state index in [0.29, 0.717) is 45.5 Å². The van der Waals surface area contributed by atoms with Gasteiger partial charge < -0.3 is 14.5 Å². The number of nitrogens with one attached hydrogen (secondary N) is 1. The molecule has 11 heteroatoms. The Kier molecular flexibility index (Phi) is 7.55. The van der Waals surface area contributed by atoms with Crippen LogP contribution in [0.4, 0.5) is 4.79 Å². The molecule has 2 atom stereocenters. The molecule has 3 heterocycles. The van der Waals surface area contributed by atoms with Crippen molar-refractivity contribution in [1.29, 1.82) is 0 Å². The maximum atomic E-state index is 13.5. The van der Waals surface area contributed by atoms with Gasteiger partial charge in [0.15, 0.2) is 0 Å². The molecule has 5 aromatic rings. The second-order valence-corrected chi connectivity index (χ2v) is 12.7. The molecule has 1 aliphatic rings. The largest absolute Gasteiger partial charge is 0.431 e. The van der Waals surface area contributed by atoms with Crippen molar-refractivity contribution < 1.29 is 18.5 Å². The molecule has 0 radical (unpaired) electrons. The summed E-state index contributed by atoms with van der Waals surface area (Å²) in [6, 6.07) is 19.6. The van der Waals surface area contributed by atoms with Crippen LogP contribution in [-0.4, -0.2) is 38.0 Å². The van der Waals surface area contributed by atoms with Crippen LogP contribution in [0.15, 0.2) is 72.9 Å². The number of amides is 1. The average molecular weight is 613 g/mol. The van der Waals surface area contributed by atoms with Gasteiger partial charge in [-0.05, 0) is 72.1 Å². The maximum Gasteiger partial charge on any atom is 0.416 e. The minimum Gasteiger partial charge on any atom is -0.431 e. The topological polar surface area (TPSA) is 84.5 Å². The fraction of sp³-hybridized carbons (Fsp3) is 0.172. The van der Waals surface area contributed by atoms with Gasteiger partial charge >= 0.3 is 6.09 Å². The Bertz CT molecular complexity index is 1720. The molecule has 0 spiro atoms. The number of carbonyl (C=O) groups is 1. The van der Waals surface area contributed by atoms with Crippen molar-refractivity contribution in [2.45, 2.75) is 18.2 Å². The van der Waals surface area contributed by atoms with E-state index in [9.17, 15) is 9.00 Å². The first-order valence-corrected chi connectivity index (χ1v) is 15.7. The lowest BCUT2D eigenvalue weighted by atomic mass is 9.92. The Morgan fingerprint density at radius 1 is 1.07 bits per heavy atom. The summed E-state index contributed by atoms with van der Waals surface area (Å²) in [5.41, 5.74) is 3.89. The van der Waals surface area contributed by atoms with E-state index < -0.39 is 22.9 Å². The van der Waals surface area contributed by atoms with E-state index in [1.807, 2.05) is 42.5 Å². The number of thiazole rings is 1. The Hall–Kier alpha value is -3.37. The van der Waals surface area contributed by atoms with E-state index in [2.05, 4.69) is 9.97 Å². The minimum atomic E-state index is -0.947. The first-order chi connectivity index (χ1) is 19.3. The molecule has 0 saturated heterocycles. The zero-order chi connectivity index (χ0) is 27.8. The van der Waals surface area contributed by atoms with Gasteiger partial charge in [0.1, 0.15) is 17.5 Å². The lowest BCUT2D eigenvalue weighted by Crippen LogP contribution is -2.42. The molecule has 0 saturated carbocycles. The van der Waals surface area contributed by atoms with Crippen molar-refractivity contribution in [2.24, 2.45) is 0 Å². The summed E-state index contributed by atoms with van der Waals surface area (Å²) in [5, 5.41) is 2.75. The zero-order valence-electron chi connectivity index (χ0n) is 21.2. The number of hydrogen-bond donors (Lipinski definition) is 1. The Morgan fingerprint density at radius 3 is 2.55 bits per heavy atom. The number of aromatic amines is 1. The standard InChI is InChI=1S/C29H23Cl2N3O4S2/c1-40(36)16-22-15-32-28(39-22)37-20-7-2-17(3-8-20)27-26-23(24-14-19(31)6-11-25(24)33-26)12-13-34(27)29(35)38-21-9-4-18(30)5-10-21/h2-11,14-15,27,33H,12-13,16H2,1H3. The Balaban J connectivity index is 1.32. The molecular weight excluding hydrogens is 589 g/mol. The highest BCUT2D eigenvalue weighted by Gasteiger charge is 2.35. The predicted molar refractivity (Wildman–Crippen MR) is 159 cm³/mol. The lowest BCUT2D eigenvalue weighted by Gasteiger charge is -2.35. The zero-order valence-corrected chi connectivity index (χ0v) is 24.4. The molecule has 0 aliphatic carbocycles. The second kappa shape index (κ2) is 11.2. The van der Waals surface area contributed by atoms with Gasteiger partial charge in [-0.25, -0.2) is 9.78 Å². The molecule has 0 bridgehead atoms. The number of ether oxygens (including phenoxy) is 2. The number of nitrogens with zero attached hydrogens (tertiary/aromatic N) is 2. The Morgan fingerprint density at radius 2 is 1.80 bits per heavy atom. The fourth-order valence-corrected chi connectivity index (χ4v) is 6.97. The molecule has 204 valence electrons. The number of aromatic nitrogens is 2. The summed E-state index contributed by atoms with van der Waals surface area (Å²) >= 11 is 13.7. The number of halogens is 2. The average Bonchev–Trinajstić information content (AvgIpc) is 3.53. The van der Waals surface area contributed by atoms with Crippen molar-refractivity contribution in [3.63, 3.8) is 0 Å². The van der Waals surface area contributed by atoms with Crippen LogP contribution in [0.2, 0.25) is 10.0 Å². The minimum absolute atomic E-state index is 0.417. The van der Waals surface area contributed by atoms with Gasteiger partial charge in [-0.2, -0.15) is 0 Å². The van der Waals surface area contributed by atoms with Gasteiger partial charge in [0.2, 0.25) is 0 Å². The summed E-state index contributed by atoms with van der Waals surface area (Å²) in [5.74, 6) is 1.47. The highest BCUT2D eigenvalue weighted by molar-refractivity contribution is 7.83. The fourth-order valence-electron chi connectivity index (χ4n) is 4.89. The number of hydrogen-bond acceptors (Lipinski definition) is 6. The molecule has 7 nitrogen and oxygen atoms in total. The van der Waals surface area contributed by atoms with Crippen LogP contribution in [0.5, 0.6) is 16.7 Å². The quantitative estimate of drug-likeness (QED) is 0.212. The molecular formula is C29H23Cl2N3O4S2. The van der Waals surface area contributed by atoms with Crippen LogP contribution in [0.1, 0.15) is 27.7 Å². The van der Waals surface area contributed by atoms with E-state index >= 15 is 0 Å². The third-order valence-corrected chi connectivity index (χ3v) is 8.88. The molecule has 3 aromatic carbocycles. The predicted octanol–water partition coefficient (Wildman–Crippen LogP) is 7.75. The van der Waals surface area contributed by atoms with Crippen LogP contribution in [0, 0.1) is 0 Å². The van der Waals surface area contributed by atoms with Crippen LogP contribution < -0.4 is 9.47 Å². The van der Waals surface area contributed by atoms with E-state index in [0.717, 1.165) is 32.6 Å². The first-order valence-electron chi connectivity index (χ1n) is 12.4. The van der Waals surface area contributed by atoms with Gasteiger partial charge in [-0.1, -0.05) is 46.7 Å². The monoisotopic (exact) mass is 611 g/mol. The molecule has 1 N–H and O–H groups in total. The number of fused-ring (bicyclic) bond motifs is 3. The van der Waals surface area contributed by atoms with Gasteiger partial charge in [0.05, 0.1) is 5.75 Å². The Labute approximate surface area is 247 Å². The third kappa shape index (κ3) is 5.60. The van der Waals surface area contributed by atoms with E-state index in [1.165, 1.54) is 11.3 Å². The van der Waals surface area contributed by atoms with Gasteiger partial charge in [0, 0.05) is 61.3 Å². The van der Waals surface area contributed by atoms with Gasteiger partial charge in [-0.3, -0.25) is 9.11 Å². The van der Waals surface area contributed by atoms with Crippen LogP contribution in [-0.2, 0) is 23.0 Å². The van der Waals surface area contributed by atoms with E-state index in [1.54, 1.807) is 41.6 Å². The second-order valence-electron chi connectivity index (χ2n) is 9.36. The van der Waals surface area contributed by atoms with Crippen molar-refractivity contribution >= 4 is 62.3 Å². The van der Waals surface area contributed by atoms with Crippen molar-refractivity contribution in [3.05, 3.63) is 105 Å². The molecule has 6 rings (SSSR count). The van der Waals surface area contributed by atoms with Crippen molar-refractivity contribution in [1.82, 2.24) is 14.9 Å². The number of rotatable bonds is 6. The molecule has 1 amide bonds. The number of H-pyrrole nitrogens is 1. The summed E-state index contributed by atoms with van der Waals surface area (Å²) in [6.45, 7) is 0.461. The van der Waals surface area contributed by atoms with Gasteiger partial charge in [-0.15, -0.1) is 0 Å². The summed E-state index contributed by atoms with van der Waals surface area (Å²) in [7, 11) is -0.947. The normalized spacial score (nSPS) is 15.6. The molecule has 2 aromatic heterocycles. The molecule has 2 unspecified atom stereocenters.